The molecule has 0 unspecified atom stereocenters. The molecule has 1 aromatic carbocycles. The van der Waals surface area contributed by atoms with Gasteiger partial charge in [-0.1, -0.05) is 12.1 Å². The lowest BCUT2D eigenvalue weighted by Gasteiger charge is -2.17. The zero-order valence-corrected chi connectivity index (χ0v) is 16.3. The highest BCUT2D eigenvalue weighted by atomic mass is 16.5. The summed E-state index contributed by atoms with van der Waals surface area (Å²) in [7, 11) is 1.54. The summed E-state index contributed by atoms with van der Waals surface area (Å²) in [5.74, 6) is 0.156. The molecule has 9 heteroatoms. The molecule has 0 atom stereocenters. The summed E-state index contributed by atoms with van der Waals surface area (Å²) in [5.41, 5.74) is 14.4. The summed E-state index contributed by atoms with van der Waals surface area (Å²) in [4.78, 5) is 23.8. The molecule has 1 aromatic heterocycles. The van der Waals surface area contributed by atoms with Crippen LogP contribution in [0.2, 0.25) is 0 Å². The van der Waals surface area contributed by atoms with Crippen LogP contribution in [0, 0.1) is 5.92 Å². The molecule has 3 rings (SSSR count). The van der Waals surface area contributed by atoms with Crippen LogP contribution in [0.1, 0.15) is 19.8 Å². The van der Waals surface area contributed by atoms with Crippen LogP contribution in [-0.2, 0) is 9.59 Å². The summed E-state index contributed by atoms with van der Waals surface area (Å²) in [6, 6.07) is 5.49. The third-order valence-corrected chi connectivity index (χ3v) is 4.48. The van der Waals surface area contributed by atoms with Crippen LogP contribution in [0.15, 0.2) is 53.9 Å². The fourth-order valence-electron chi connectivity index (χ4n) is 2.78. The number of allylic oxidation sites excluding steroid dienone is 2. The number of amides is 1. The highest BCUT2D eigenvalue weighted by Gasteiger charge is 2.29. The molecule has 1 fully saturated rings. The zero-order valence-electron chi connectivity index (χ0n) is 16.3. The van der Waals surface area contributed by atoms with Crippen molar-refractivity contribution in [3.8, 4) is 16.9 Å². The van der Waals surface area contributed by atoms with Gasteiger partial charge in [0.05, 0.1) is 30.4 Å². The van der Waals surface area contributed by atoms with Gasteiger partial charge in [-0.05, 0) is 18.9 Å². The Kier molecular flexibility index (Phi) is 5.87. The molecule has 29 heavy (non-hydrogen) atoms. The second kappa shape index (κ2) is 8.51. The number of nitrogens with one attached hydrogen (secondary N) is 3. The normalized spacial score (nSPS) is 14.8. The zero-order chi connectivity index (χ0) is 21.0. The SMILES string of the molecule is COc1c(NC(/C=C(\N)NC(=O)C2CC2)=C(/N)C(C)=O)cccc1-c1cn[nH]c1. The average Bonchev–Trinajstić information content (AvgIpc) is 3.41. The Morgan fingerprint density at radius 1 is 1.31 bits per heavy atom. The quantitative estimate of drug-likeness (QED) is 0.336. The van der Waals surface area contributed by atoms with Gasteiger partial charge in [0.25, 0.3) is 0 Å². The first-order chi connectivity index (χ1) is 13.9. The number of aromatic nitrogens is 2. The van der Waals surface area contributed by atoms with Crippen LogP contribution in [0.4, 0.5) is 5.69 Å². The first kappa shape index (κ1) is 20.0. The molecule has 1 saturated carbocycles. The summed E-state index contributed by atoms with van der Waals surface area (Å²) in [6.07, 6.45) is 6.56. The maximum atomic E-state index is 11.9. The van der Waals surface area contributed by atoms with Crippen molar-refractivity contribution < 1.29 is 14.3 Å². The van der Waals surface area contributed by atoms with Gasteiger partial charge in [0.1, 0.15) is 11.6 Å². The number of aromatic amines is 1. The van der Waals surface area contributed by atoms with E-state index in [9.17, 15) is 9.59 Å². The fourth-order valence-corrected chi connectivity index (χ4v) is 2.78. The number of ketones is 1. The lowest BCUT2D eigenvalue weighted by molar-refractivity contribution is -0.121. The molecule has 1 aliphatic rings. The van der Waals surface area contributed by atoms with E-state index in [-0.39, 0.29) is 34.8 Å². The monoisotopic (exact) mass is 396 g/mol. The number of H-pyrrole nitrogens is 1. The lowest BCUT2D eigenvalue weighted by atomic mass is 10.1. The smallest absolute Gasteiger partial charge is 0.228 e. The number of nitrogens with zero attached hydrogens (tertiary/aromatic N) is 1. The van der Waals surface area contributed by atoms with Crippen LogP contribution >= 0.6 is 0 Å². The van der Waals surface area contributed by atoms with E-state index < -0.39 is 0 Å². The number of hydrogen-bond acceptors (Lipinski definition) is 7. The van der Waals surface area contributed by atoms with Crippen LogP contribution in [0.5, 0.6) is 5.75 Å². The fraction of sp³-hybridized carbons (Fsp3) is 0.250. The molecule has 152 valence electrons. The molecule has 2 aromatic rings. The lowest BCUT2D eigenvalue weighted by Crippen LogP contribution is -2.29. The molecule has 1 amide bonds. The van der Waals surface area contributed by atoms with E-state index in [1.165, 1.54) is 13.0 Å². The number of carbonyl (C=O) groups is 2. The Labute approximate surface area is 168 Å². The standard InChI is InChI=1S/C20H24N6O3/c1-11(27)18(22)16(8-17(21)26-20(28)12-6-7-12)25-15-5-3-4-14(19(15)29-2)13-9-23-24-10-13/h3-5,8-10,12,25H,6-7,21-22H2,1-2H3,(H,23,24)(H,26,28)/b17-8+,18-16+. The van der Waals surface area contributed by atoms with Gasteiger partial charge < -0.3 is 26.8 Å². The van der Waals surface area contributed by atoms with Crippen molar-refractivity contribution in [3.63, 3.8) is 0 Å². The van der Waals surface area contributed by atoms with Gasteiger partial charge in [0, 0.05) is 36.2 Å². The van der Waals surface area contributed by atoms with Crippen molar-refractivity contribution in [2.75, 3.05) is 12.4 Å². The molecule has 1 heterocycles. The Balaban J connectivity index is 1.94. The van der Waals surface area contributed by atoms with Crippen molar-refractivity contribution in [1.29, 1.82) is 0 Å². The summed E-state index contributed by atoms with van der Waals surface area (Å²) < 4.78 is 5.58. The molecule has 0 spiro atoms. The van der Waals surface area contributed by atoms with Gasteiger partial charge in [0.15, 0.2) is 5.78 Å². The van der Waals surface area contributed by atoms with Gasteiger partial charge in [-0.25, -0.2) is 0 Å². The van der Waals surface area contributed by atoms with E-state index >= 15 is 0 Å². The van der Waals surface area contributed by atoms with Gasteiger partial charge in [-0.3, -0.25) is 14.7 Å². The molecule has 0 aliphatic heterocycles. The molecule has 0 saturated heterocycles. The van der Waals surface area contributed by atoms with Gasteiger partial charge in [-0.15, -0.1) is 0 Å². The minimum absolute atomic E-state index is 0.000714. The number of hydrogen-bond donors (Lipinski definition) is 5. The van der Waals surface area contributed by atoms with Crippen molar-refractivity contribution in [1.82, 2.24) is 15.5 Å². The minimum Gasteiger partial charge on any atom is -0.494 e. The van der Waals surface area contributed by atoms with Crippen LogP contribution in [-0.4, -0.2) is 29.0 Å². The van der Waals surface area contributed by atoms with Gasteiger partial charge in [-0.2, -0.15) is 5.10 Å². The van der Waals surface area contributed by atoms with E-state index in [0.717, 1.165) is 24.0 Å². The predicted molar refractivity (Wildman–Crippen MR) is 109 cm³/mol. The van der Waals surface area contributed by atoms with Crippen molar-refractivity contribution in [3.05, 3.63) is 53.9 Å². The van der Waals surface area contributed by atoms with Crippen molar-refractivity contribution in [2.45, 2.75) is 19.8 Å². The molecular weight excluding hydrogens is 372 g/mol. The Morgan fingerprint density at radius 3 is 2.66 bits per heavy atom. The minimum atomic E-state index is -0.338. The first-order valence-electron chi connectivity index (χ1n) is 9.12. The number of ether oxygens (including phenoxy) is 1. The number of rotatable bonds is 8. The number of carbonyl (C=O) groups excluding carboxylic acids is 2. The molecule has 9 nitrogen and oxygen atoms in total. The summed E-state index contributed by atoms with van der Waals surface area (Å²) >= 11 is 0. The number of Topliss-reactive ketones (excluding diaryl/α,β-unsaturated/α-hetero) is 1. The summed E-state index contributed by atoms with van der Waals surface area (Å²) in [6.45, 7) is 1.35. The van der Waals surface area contributed by atoms with Crippen LogP contribution < -0.4 is 26.8 Å². The van der Waals surface area contributed by atoms with Crippen LogP contribution in [0.25, 0.3) is 11.1 Å². The molecular formula is C20H24N6O3. The van der Waals surface area contributed by atoms with Gasteiger partial charge in [0.2, 0.25) is 5.91 Å². The van der Waals surface area contributed by atoms with E-state index in [1.54, 1.807) is 25.6 Å². The maximum Gasteiger partial charge on any atom is 0.228 e. The topological polar surface area (TPSA) is 148 Å². The molecule has 0 bridgehead atoms. The Morgan fingerprint density at radius 2 is 2.07 bits per heavy atom. The first-order valence-corrected chi connectivity index (χ1v) is 9.12. The Hall–Kier alpha value is -3.75. The number of anilines is 1. The second-order valence-corrected chi connectivity index (χ2v) is 6.75. The molecule has 1 aliphatic carbocycles. The van der Waals surface area contributed by atoms with Crippen molar-refractivity contribution >= 4 is 17.4 Å². The third kappa shape index (κ3) is 4.75. The number of methoxy groups -OCH3 is 1. The van der Waals surface area contributed by atoms with E-state index in [0.29, 0.717) is 11.4 Å². The third-order valence-electron chi connectivity index (χ3n) is 4.48. The van der Waals surface area contributed by atoms with E-state index in [1.807, 2.05) is 12.1 Å². The largest absolute Gasteiger partial charge is 0.494 e. The molecule has 0 radical (unpaired) electrons. The summed E-state index contributed by atoms with van der Waals surface area (Å²) in [5, 5.41) is 12.5. The average molecular weight is 396 g/mol. The Bertz CT molecular complexity index is 974. The maximum absolute atomic E-state index is 11.9. The van der Waals surface area contributed by atoms with E-state index in [2.05, 4.69) is 20.8 Å². The van der Waals surface area contributed by atoms with Crippen LogP contribution in [0.3, 0.4) is 0 Å². The predicted octanol–water partition coefficient (Wildman–Crippen LogP) is 1.58. The van der Waals surface area contributed by atoms with Crippen molar-refractivity contribution in [2.24, 2.45) is 17.4 Å². The number of nitrogens with two attached hydrogens (primary N) is 2. The van der Waals surface area contributed by atoms with Gasteiger partial charge >= 0.3 is 0 Å². The number of benzene rings is 1. The van der Waals surface area contributed by atoms with E-state index in [4.69, 9.17) is 16.2 Å². The molecule has 7 N–H and O–H groups in total. The highest BCUT2D eigenvalue weighted by Crippen LogP contribution is 2.36. The second-order valence-electron chi connectivity index (χ2n) is 6.75. The highest BCUT2D eigenvalue weighted by molar-refractivity contribution is 5.94. The number of para-hydroxylation sites is 1.